The zero-order valence-corrected chi connectivity index (χ0v) is 7.76. The molecule has 1 heterocycles. The molecule has 1 saturated heterocycles. The van der Waals surface area contributed by atoms with Gasteiger partial charge >= 0.3 is 0 Å². The first kappa shape index (κ1) is 9.48. The van der Waals surface area contributed by atoms with Crippen LogP contribution < -0.4 is 11.1 Å². The number of hydrogen-bond acceptors (Lipinski definition) is 3. The molecule has 1 aliphatic rings. The Morgan fingerprint density at radius 1 is 1.50 bits per heavy atom. The molecule has 0 radical (unpaired) electrons. The van der Waals surface area contributed by atoms with Gasteiger partial charge in [0.05, 0.1) is 5.54 Å². The van der Waals surface area contributed by atoms with Crippen LogP contribution in [0.2, 0.25) is 0 Å². The van der Waals surface area contributed by atoms with E-state index in [1.54, 1.807) is 7.05 Å². The standard InChI is InChI=1S/C8H17N3O/c1-10-7(12)8(9)3-5-11(2)6-4-8/h3-6,9H2,1-2H3,(H,10,12). The maximum Gasteiger partial charge on any atom is 0.239 e. The Labute approximate surface area is 73.1 Å². The molecule has 0 aromatic carbocycles. The largest absolute Gasteiger partial charge is 0.358 e. The number of rotatable bonds is 1. The lowest BCUT2D eigenvalue weighted by Crippen LogP contribution is -2.58. The minimum Gasteiger partial charge on any atom is -0.358 e. The molecule has 0 aromatic heterocycles. The molecule has 1 fully saturated rings. The molecule has 4 heteroatoms. The van der Waals surface area contributed by atoms with Gasteiger partial charge in [0.2, 0.25) is 5.91 Å². The van der Waals surface area contributed by atoms with Crippen LogP contribution in [0.25, 0.3) is 0 Å². The number of amides is 1. The number of nitrogens with two attached hydrogens (primary N) is 1. The normalized spacial score (nSPS) is 23.6. The zero-order chi connectivity index (χ0) is 9.19. The van der Waals surface area contributed by atoms with E-state index in [2.05, 4.69) is 10.2 Å². The van der Waals surface area contributed by atoms with Gasteiger partial charge < -0.3 is 16.0 Å². The van der Waals surface area contributed by atoms with Crippen LogP contribution in [0.5, 0.6) is 0 Å². The van der Waals surface area contributed by atoms with Crippen molar-refractivity contribution < 1.29 is 4.79 Å². The van der Waals surface area contributed by atoms with Crippen molar-refractivity contribution in [3.05, 3.63) is 0 Å². The van der Waals surface area contributed by atoms with E-state index in [1.807, 2.05) is 7.05 Å². The van der Waals surface area contributed by atoms with Gasteiger partial charge in [0, 0.05) is 20.1 Å². The summed E-state index contributed by atoms with van der Waals surface area (Å²) in [5.41, 5.74) is 5.31. The van der Waals surface area contributed by atoms with Crippen LogP contribution in [-0.4, -0.2) is 43.5 Å². The predicted octanol–water partition coefficient (Wildman–Crippen LogP) is -0.844. The summed E-state index contributed by atoms with van der Waals surface area (Å²) in [5, 5.41) is 2.61. The molecule has 4 nitrogen and oxygen atoms in total. The van der Waals surface area contributed by atoms with Gasteiger partial charge in [-0.05, 0) is 19.9 Å². The van der Waals surface area contributed by atoms with Gasteiger partial charge in [0.1, 0.15) is 0 Å². The number of hydrogen-bond donors (Lipinski definition) is 2. The number of piperidine rings is 1. The van der Waals surface area contributed by atoms with Gasteiger partial charge in [-0.15, -0.1) is 0 Å². The maximum absolute atomic E-state index is 11.3. The lowest BCUT2D eigenvalue weighted by molar-refractivity contribution is -0.127. The van der Waals surface area contributed by atoms with Crippen LogP contribution in [0.15, 0.2) is 0 Å². The summed E-state index contributed by atoms with van der Waals surface area (Å²) in [7, 11) is 3.68. The summed E-state index contributed by atoms with van der Waals surface area (Å²) in [6.07, 6.45) is 1.51. The topological polar surface area (TPSA) is 58.4 Å². The molecule has 0 spiro atoms. The van der Waals surface area contributed by atoms with Gasteiger partial charge in [-0.3, -0.25) is 4.79 Å². The molecular formula is C8H17N3O. The minimum absolute atomic E-state index is 0.0319. The molecule has 70 valence electrons. The lowest BCUT2D eigenvalue weighted by Gasteiger charge is -2.35. The third-order valence-corrected chi connectivity index (χ3v) is 2.56. The zero-order valence-electron chi connectivity index (χ0n) is 7.76. The number of likely N-dealkylation sites (N-methyl/N-ethyl adjacent to an activating group) is 1. The number of carbonyl (C=O) groups is 1. The highest BCUT2D eigenvalue weighted by Crippen LogP contribution is 2.18. The molecule has 0 unspecified atom stereocenters. The van der Waals surface area contributed by atoms with Crippen molar-refractivity contribution in [3.63, 3.8) is 0 Å². The molecule has 0 aromatic rings. The third-order valence-electron chi connectivity index (χ3n) is 2.56. The van der Waals surface area contributed by atoms with Crippen molar-refractivity contribution in [2.45, 2.75) is 18.4 Å². The molecule has 1 rings (SSSR count). The summed E-state index contributed by atoms with van der Waals surface area (Å²) in [6, 6.07) is 0. The van der Waals surface area contributed by atoms with E-state index in [9.17, 15) is 4.79 Å². The number of nitrogens with one attached hydrogen (secondary N) is 1. The maximum atomic E-state index is 11.3. The van der Waals surface area contributed by atoms with Crippen LogP contribution in [0.3, 0.4) is 0 Å². The first-order valence-electron chi connectivity index (χ1n) is 4.28. The number of carbonyl (C=O) groups excluding carboxylic acids is 1. The summed E-state index contributed by atoms with van der Waals surface area (Å²) < 4.78 is 0. The van der Waals surface area contributed by atoms with E-state index < -0.39 is 5.54 Å². The lowest BCUT2D eigenvalue weighted by atomic mass is 9.88. The van der Waals surface area contributed by atoms with Gasteiger partial charge in [0.25, 0.3) is 0 Å². The fraction of sp³-hybridized carbons (Fsp3) is 0.875. The Morgan fingerprint density at radius 2 is 2.00 bits per heavy atom. The van der Waals surface area contributed by atoms with E-state index in [0.717, 1.165) is 25.9 Å². The molecule has 0 saturated carbocycles. The van der Waals surface area contributed by atoms with Gasteiger partial charge in [0.15, 0.2) is 0 Å². The van der Waals surface area contributed by atoms with Gasteiger partial charge in [-0.25, -0.2) is 0 Å². The molecule has 3 N–H and O–H groups in total. The first-order chi connectivity index (χ1) is 5.58. The fourth-order valence-electron chi connectivity index (χ4n) is 1.49. The molecule has 0 aliphatic carbocycles. The number of likely N-dealkylation sites (tertiary alicyclic amines) is 1. The first-order valence-corrected chi connectivity index (χ1v) is 4.28. The quantitative estimate of drug-likeness (QED) is 0.540. The highest BCUT2D eigenvalue weighted by molar-refractivity contribution is 5.85. The summed E-state index contributed by atoms with van der Waals surface area (Å²) >= 11 is 0. The predicted molar refractivity (Wildman–Crippen MR) is 47.7 cm³/mol. The summed E-state index contributed by atoms with van der Waals surface area (Å²) in [5.74, 6) is -0.0319. The van der Waals surface area contributed by atoms with Crippen LogP contribution >= 0.6 is 0 Å². The Kier molecular flexibility index (Phi) is 2.69. The van der Waals surface area contributed by atoms with Crippen molar-refractivity contribution in [1.29, 1.82) is 0 Å². The third kappa shape index (κ3) is 1.76. The Morgan fingerprint density at radius 3 is 2.42 bits per heavy atom. The van der Waals surface area contributed by atoms with Crippen LogP contribution in [-0.2, 0) is 4.79 Å². The van der Waals surface area contributed by atoms with E-state index in [1.165, 1.54) is 0 Å². The average molecular weight is 171 g/mol. The monoisotopic (exact) mass is 171 g/mol. The van der Waals surface area contributed by atoms with Gasteiger partial charge in [-0.1, -0.05) is 0 Å². The molecule has 1 amide bonds. The second kappa shape index (κ2) is 3.41. The SMILES string of the molecule is CNC(=O)C1(N)CCN(C)CC1. The van der Waals surface area contributed by atoms with Crippen molar-refractivity contribution in [2.24, 2.45) is 5.73 Å². The van der Waals surface area contributed by atoms with E-state index in [-0.39, 0.29) is 5.91 Å². The minimum atomic E-state index is -0.624. The van der Waals surface area contributed by atoms with Crippen molar-refractivity contribution >= 4 is 5.91 Å². The Bertz CT molecular complexity index is 173. The molecular weight excluding hydrogens is 154 g/mol. The van der Waals surface area contributed by atoms with Crippen LogP contribution in [0, 0.1) is 0 Å². The second-order valence-electron chi connectivity index (χ2n) is 3.54. The van der Waals surface area contributed by atoms with E-state index >= 15 is 0 Å². The summed E-state index contributed by atoms with van der Waals surface area (Å²) in [4.78, 5) is 13.5. The average Bonchev–Trinajstić information content (AvgIpc) is 2.09. The molecule has 1 aliphatic heterocycles. The van der Waals surface area contributed by atoms with Crippen molar-refractivity contribution in [1.82, 2.24) is 10.2 Å². The molecule has 0 bridgehead atoms. The van der Waals surface area contributed by atoms with Crippen molar-refractivity contribution in [3.8, 4) is 0 Å². The van der Waals surface area contributed by atoms with E-state index in [0.29, 0.717) is 0 Å². The second-order valence-corrected chi connectivity index (χ2v) is 3.54. The Hall–Kier alpha value is -0.610. The van der Waals surface area contributed by atoms with Gasteiger partial charge in [-0.2, -0.15) is 0 Å². The Balaban J connectivity index is 2.55. The fourth-order valence-corrected chi connectivity index (χ4v) is 1.49. The van der Waals surface area contributed by atoms with Crippen molar-refractivity contribution in [2.75, 3.05) is 27.2 Å². The van der Waals surface area contributed by atoms with E-state index in [4.69, 9.17) is 5.73 Å². The smallest absolute Gasteiger partial charge is 0.239 e. The molecule has 12 heavy (non-hydrogen) atoms. The van der Waals surface area contributed by atoms with Crippen LogP contribution in [0.4, 0.5) is 0 Å². The van der Waals surface area contributed by atoms with Crippen LogP contribution in [0.1, 0.15) is 12.8 Å². The number of nitrogens with zero attached hydrogens (tertiary/aromatic N) is 1. The molecule has 0 atom stereocenters. The highest BCUT2D eigenvalue weighted by Gasteiger charge is 2.35. The summed E-state index contributed by atoms with van der Waals surface area (Å²) in [6.45, 7) is 1.81. The highest BCUT2D eigenvalue weighted by atomic mass is 16.2.